The van der Waals surface area contributed by atoms with Crippen molar-refractivity contribution >= 4 is 5.91 Å². The summed E-state index contributed by atoms with van der Waals surface area (Å²) in [6.45, 7) is 8.99. The molecule has 1 unspecified atom stereocenters. The normalized spacial score (nSPS) is 28.2. The minimum absolute atomic E-state index is 0.176. The quantitative estimate of drug-likeness (QED) is 0.824. The molecular formula is C14H26N2O2. The first-order valence-electron chi connectivity index (χ1n) is 7.26. The molecule has 0 aliphatic carbocycles. The molecule has 0 aromatic heterocycles. The Hall–Kier alpha value is -0.610. The fourth-order valence-corrected chi connectivity index (χ4v) is 2.82. The zero-order chi connectivity index (χ0) is 13.0. The molecule has 0 saturated carbocycles. The van der Waals surface area contributed by atoms with Crippen LogP contribution in [0, 0.1) is 5.41 Å². The Morgan fingerprint density at radius 1 is 1.44 bits per heavy atom. The predicted octanol–water partition coefficient (Wildman–Crippen LogP) is 1.40. The molecular weight excluding hydrogens is 228 g/mol. The van der Waals surface area contributed by atoms with Crippen LogP contribution >= 0.6 is 0 Å². The van der Waals surface area contributed by atoms with E-state index in [0.29, 0.717) is 6.54 Å². The van der Waals surface area contributed by atoms with E-state index in [2.05, 4.69) is 24.1 Å². The van der Waals surface area contributed by atoms with Gasteiger partial charge in [-0.15, -0.1) is 0 Å². The van der Waals surface area contributed by atoms with Gasteiger partial charge < -0.3 is 15.0 Å². The van der Waals surface area contributed by atoms with Gasteiger partial charge in [0.15, 0.2) is 0 Å². The van der Waals surface area contributed by atoms with Crippen LogP contribution in [0.25, 0.3) is 0 Å². The maximum absolute atomic E-state index is 12.3. The van der Waals surface area contributed by atoms with Crippen molar-refractivity contribution in [2.45, 2.75) is 45.6 Å². The molecule has 0 aromatic carbocycles. The summed E-state index contributed by atoms with van der Waals surface area (Å²) in [6.07, 6.45) is 4.40. The van der Waals surface area contributed by atoms with E-state index in [1.54, 1.807) is 0 Å². The molecule has 2 aliphatic rings. The highest BCUT2D eigenvalue weighted by atomic mass is 16.5. The van der Waals surface area contributed by atoms with Gasteiger partial charge in [0.1, 0.15) is 0 Å². The second-order valence-electron chi connectivity index (χ2n) is 5.84. The first-order chi connectivity index (χ1) is 8.64. The van der Waals surface area contributed by atoms with E-state index in [-0.39, 0.29) is 17.4 Å². The zero-order valence-corrected chi connectivity index (χ0v) is 11.7. The average molecular weight is 254 g/mol. The molecule has 4 heteroatoms. The lowest BCUT2D eigenvalue weighted by Crippen LogP contribution is -2.48. The minimum atomic E-state index is -0.176. The van der Waals surface area contributed by atoms with E-state index < -0.39 is 0 Å². The number of hydrogen-bond acceptors (Lipinski definition) is 3. The van der Waals surface area contributed by atoms with E-state index in [1.807, 2.05) is 0 Å². The van der Waals surface area contributed by atoms with E-state index >= 15 is 0 Å². The molecule has 2 heterocycles. The molecule has 4 nitrogen and oxygen atoms in total. The van der Waals surface area contributed by atoms with Gasteiger partial charge in [0, 0.05) is 18.6 Å². The van der Waals surface area contributed by atoms with Crippen molar-refractivity contribution in [2.24, 2.45) is 5.41 Å². The van der Waals surface area contributed by atoms with Crippen molar-refractivity contribution in [3.8, 4) is 0 Å². The molecule has 18 heavy (non-hydrogen) atoms. The number of nitrogens with zero attached hydrogens (tertiary/aromatic N) is 1. The summed E-state index contributed by atoms with van der Waals surface area (Å²) < 4.78 is 5.54. The monoisotopic (exact) mass is 254 g/mol. The Labute approximate surface area is 110 Å². The standard InChI is InChI=1S/C14H26N2O2/c1-3-16-8-6-14(2,7-9-16)13(17)15-11-12-5-4-10-18-12/h12H,3-11H2,1-2H3,(H,15,17). The third-order valence-corrected chi connectivity index (χ3v) is 4.47. The number of carbonyl (C=O) groups excluding carboxylic acids is 1. The number of rotatable bonds is 4. The van der Waals surface area contributed by atoms with Crippen LogP contribution in [0.5, 0.6) is 0 Å². The third-order valence-electron chi connectivity index (χ3n) is 4.47. The highest BCUT2D eigenvalue weighted by Crippen LogP contribution is 2.31. The van der Waals surface area contributed by atoms with Crippen molar-refractivity contribution in [2.75, 3.05) is 32.8 Å². The fraction of sp³-hybridized carbons (Fsp3) is 0.929. The molecule has 2 rings (SSSR count). The van der Waals surface area contributed by atoms with Crippen molar-refractivity contribution in [3.05, 3.63) is 0 Å². The van der Waals surface area contributed by atoms with Crippen molar-refractivity contribution < 1.29 is 9.53 Å². The summed E-state index contributed by atoms with van der Waals surface area (Å²) in [5, 5.41) is 3.09. The lowest BCUT2D eigenvalue weighted by Gasteiger charge is -2.37. The number of ether oxygens (including phenoxy) is 1. The van der Waals surface area contributed by atoms with Crippen LogP contribution in [0.3, 0.4) is 0 Å². The van der Waals surface area contributed by atoms with Crippen molar-refractivity contribution in [1.29, 1.82) is 0 Å². The maximum atomic E-state index is 12.3. The first kappa shape index (κ1) is 13.8. The van der Waals surface area contributed by atoms with Crippen LogP contribution in [-0.4, -0.2) is 49.7 Å². The topological polar surface area (TPSA) is 41.6 Å². The lowest BCUT2D eigenvalue weighted by atomic mass is 9.79. The molecule has 2 aliphatic heterocycles. The van der Waals surface area contributed by atoms with E-state index in [4.69, 9.17) is 4.74 Å². The number of likely N-dealkylation sites (tertiary alicyclic amines) is 1. The number of carbonyl (C=O) groups is 1. The molecule has 1 N–H and O–H groups in total. The molecule has 2 saturated heterocycles. The van der Waals surface area contributed by atoms with Crippen LogP contribution in [0.4, 0.5) is 0 Å². The second kappa shape index (κ2) is 6.02. The largest absolute Gasteiger partial charge is 0.376 e. The molecule has 0 aromatic rings. The summed E-state index contributed by atoms with van der Waals surface area (Å²) in [5.74, 6) is 0.216. The molecule has 0 spiro atoms. The predicted molar refractivity (Wildman–Crippen MR) is 71.4 cm³/mol. The molecule has 0 radical (unpaired) electrons. The smallest absolute Gasteiger partial charge is 0.226 e. The summed E-state index contributed by atoms with van der Waals surface area (Å²) in [5.41, 5.74) is -0.176. The highest BCUT2D eigenvalue weighted by Gasteiger charge is 2.36. The van der Waals surface area contributed by atoms with Gasteiger partial charge in [0.2, 0.25) is 5.91 Å². The SMILES string of the molecule is CCN1CCC(C)(C(=O)NCC2CCCO2)CC1. The van der Waals surface area contributed by atoms with Crippen molar-refractivity contribution in [3.63, 3.8) is 0 Å². The molecule has 2 fully saturated rings. The minimum Gasteiger partial charge on any atom is -0.376 e. The van der Waals surface area contributed by atoms with Gasteiger partial charge in [0.05, 0.1) is 6.10 Å². The molecule has 0 bridgehead atoms. The Kier molecular flexibility index (Phi) is 4.62. The van der Waals surface area contributed by atoms with Gasteiger partial charge in [-0.2, -0.15) is 0 Å². The van der Waals surface area contributed by atoms with Crippen LogP contribution in [-0.2, 0) is 9.53 Å². The van der Waals surface area contributed by atoms with Crippen LogP contribution in [0.15, 0.2) is 0 Å². The Morgan fingerprint density at radius 3 is 2.72 bits per heavy atom. The number of hydrogen-bond donors (Lipinski definition) is 1. The third kappa shape index (κ3) is 3.23. The van der Waals surface area contributed by atoms with Crippen molar-refractivity contribution in [1.82, 2.24) is 10.2 Å². The summed E-state index contributed by atoms with van der Waals surface area (Å²) in [6, 6.07) is 0. The number of nitrogens with one attached hydrogen (secondary N) is 1. The maximum Gasteiger partial charge on any atom is 0.226 e. The van der Waals surface area contributed by atoms with Gasteiger partial charge in [-0.1, -0.05) is 13.8 Å². The number of piperidine rings is 1. The van der Waals surface area contributed by atoms with E-state index in [1.165, 1.54) is 0 Å². The molecule has 1 amide bonds. The van der Waals surface area contributed by atoms with Crippen LogP contribution in [0.2, 0.25) is 0 Å². The van der Waals surface area contributed by atoms with Crippen LogP contribution < -0.4 is 5.32 Å². The lowest BCUT2D eigenvalue weighted by molar-refractivity contribution is -0.133. The molecule has 1 atom stereocenters. The molecule has 104 valence electrons. The fourth-order valence-electron chi connectivity index (χ4n) is 2.82. The van der Waals surface area contributed by atoms with Gasteiger partial charge in [-0.25, -0.2) is 0 Å². The van der Waals surface area contributed by atoms with Gasteiger partial charge in [0.25, 0.3) is 0 Å². The zero-order valence-electron chi connectivity index (χ0n) is 11.7. The summed E-state index contributed by atoms with van der Waals surface area (Å²) >= 11 is 0. The Morgan fingerprint density at radius 2 is 2.17 bits per heavy atom. The summed E-state index contributed by atoms with van der Waals surface area (Å²) in [4.78, 5) is 14.7. The Bertz CT molecular complexity index is 280. The second-order valence-corrected chi connectivity index (χ2v) is 5.84. The van der Waals surface area contributed by atoms with Gasteiger partial charge in [-0.05, 0) is 45.3 Å². The van der Waals surface area contributed by atoms with Crippen LogP contribution in [0.1, 0.15) is 39.5 Å². The van der Waals surface area contributed by atoms with E-state index in [9.17, 15) is 4.79 Å². The van der Waals surface area contributed by atoms with Gasteiger partial charge >= 0.3 is 0 Å². The first-order valence-corrected chi connectivity index (χ1v) is 7.26. The van der Waals surface area contributed by atoms with Gasteiger partial charge in [-0.3, -0.25) is 4.79 Å². The number of amides is 1. The Balaban J connectivity index is 1.77. The highest BCUT2D eigenvalue weighted by molar-refractivity contribution is 5.82. The summed E-state index contributed by atoms with van der Waals surface area (Å²) in [7, 11) is 0. The van der Waals surface area contributed by atoms with E-state index in [0.717, 1.165) is 51.9 Å². The average Bonchev–Trinajstić information content (AvgIpc) is 2.90.